The van der Waals surface area contributed by atoms with Crippen molar-refractivity contribution in [2.24, 2.45) is 5.92 Å². The standard InChI is InChI=1S/C24H27NO2/c1-17(2)23(20-11-9-18(3)10-12-20)24(26)27-16-22-21(13-14-25-22)15-19-7-5-4-6-8-19/h4-14,17,23,25H,15-16H2,1-3H3. The number of carbonyl (C=O) groups excluding carboxylic acids is 1. The maximum absolute atomic E-state index is 12.8. The molecule has 0 fully saturated rings. The van der Waals surface area contributed by atoms with Gasteiger partial charge >= 0.3 is 5.97 Å². The van der Waals surface area contributed by atoms with Gasteiger partial charge in [-0.2, -0.15) is 0 Å². The number of hydrogen-bond acceptors (Lipinski definition) is 2. The summed E-state index contributed by atoms with van der Waals surface area (Å²) in [5, 5.41) is 0. The number of H-pyrrole nitrogens is 1. The van der Waals surface area contributed by atoms with Crippen LogP contribution in [-0.2, 0) is 22.6 Å². The quantitative estimate of drug-likeness (QED) is 0.573. The lowest BCUT2D eigenvalue weighted by Gasteiger charge is -2.20. The number of benzene rings is 2. The average molecular weight is 361 g/mol. The molecule has 0 saturated carbocycles. The van der Waals surface area contributed by atoms with Gasteiger partial charge in [-0.25, -0.2) is 0 Å². The first-order valence-electron chi connectivity index (χ1n) is 9.47. The lowest BCUT2D eigenvalue weighted by Crippen LogP contribution is -2.21. The Morgan fingerprint density at radius 3 is 2.37 bits per heavy atom. The monoisotopic (exact) mass is 361 g/mol. The van der Waals surface area contributed by atoms with Gasteiger partial charge in [-0.05, 0) is 42.0 Å². The van der Waals surface area contributed by atoms with Crippen molar-refractivity contribution in [1.29, 1.82) is 0 Å². The zero-order valence-corrected chi connectivity index (χ0v) is 16.2. The highest BCUT2D eigenvalue weighted by Gasteiger charge is 2.26. The molecule has 1 unspecified atom stereocenters. The van der Waals surface area contributed by atoms with Crippen molar-refractivity contribution < 1.29 is 9.53 Å². The highest BCUT2D eigenvalue weighted by Crippen LogP contribution is 2.27. The Kier molecular flexibility index (Phi) is 6.12. The zero-order valence-electron chi connectivity index (χ0n) is 16.2. The molecule has 3 rings (SSSR count). The highest BCUT2D eigenvalue weighted by atomic mass is 16.5. The molecule has 0 aliphatic heterocycles. The minimum atomic E-state index is -0.252. The molecular weight excluding hydrogens is 334 g/mol. The highest BCUT2D eigenvalue weighted by molar-refractivity contribution is 5.78. The van der Waals surface area contributed by atoms with Gasteiger partial charge in [0.1, 0.15) is 6.61 Å². The fourth-order valence-corrected chi connectivity index (χ4v) is 3.35. The van der Waals surface area contributed by atoms with Crippen LogP contribution in [0.2, 0.25) is 0 Å². The molecule has 0 radical (unpaired) electrons. The van der Waals surface area contributed by atoms with Crippen molar-refractivity contribution in [2.45, 2.75) is 39.7 Å². The van der Waals surface area contributed by atoms with Crippen LogP contribution in [0.3, 0.4) is 0 Å². The third-order valence-electron chi connectivity index (χ3n) is 4.88. The van der Waals surface area contributed by atoms with Gasteiger partial charge in [0.05, 0.1) is 11.6 Å². The van der Waals surface area contributed by atoms with Gasteiger partial charge in [-0.1, -0.05) is 74.0 Å². The van der Waals surface area contributed by atoms with Gasteiger partial charge in [0.15, 0.2) is 0 Å². The Morgan fingerprint density at radius 1 is 1.00 bits per heavy atom. The summed E-state index contributed by atoms with van der Waals surface area (Å²) in [5.41, 5.74) is 5.55. The van der Waals surface area contributed by atoms with E-state index < -0.39 is 0 Å². The summed E-state index contributed by atoms with van der Waals surface area (Å²) in [6.45, 7) is 6.43. The Bertz CT molecular complexity index is 863. The summed E-state index contributed by atoms with van der Waals surface area (Å²) in [5.74, 6) is -0.250. The van der Waals surface area contributed by atoms with Crippen molar-refractivity contribution in [3.05, 3.63) is 94.8 Å². The number of esters is 1. The molecule has 27 heavy (non-hydrogen) atoms. The summed E-state index contributed by atoms with van der Waals surface area (Å²) < 4.78 is 5.70. The van der Waals surface area contributed by atoms with Gasteiger partial charge in [0.25, 0.3) is 0 Å². The predicted molar refractivity (Wildman–Crippen MR) is 109 cm³/mol. The van der Waals surface area contributed by atoms with E-state index in [9.17, 15) is 4.79 Å². The van der Waals surface area contributed by atoms with Crippen molar-refractivity contribution in [2.75, 3.05) is 0 Å². The summed E-state index contributed by atoms with van der Waals surface area (Å²) >= 11 is 0. The molecule has 0 aliphatic carbocycles. The molecule has 1 N–H and O–H groups in total. The van der Waals surface area contributed by atoms with Gasteiger partial charge in [-0.3, -0.25) is 4.79 Å². The van der Waals surface area contributed by atoms with E-state index in [1.807, 2.05) is 55.6 Å². The fraction of sp³-hybridized carbons (Fsp3) is 0.292. The summed E-state index contributed by atoms with van der Waals surface area (Å²) in [6.07, 6.45) is 2.73. The molecule has 2 aromatic carbocycles. The largest absolute Gasteiger partial charge is 0.459 e. The van der Waals surface area contributed by atoms with Crippen LogP contribution >= 0.6 is 0 Å². The summed E-state index contributed by atoms with van der Waals surface area (Å²) in [4.78, 5) is 16.0. The molecule has 3 aromatic rings. The van der Waals surface area contributed by atoms with E-state index in [4.69, 9.17) is 4.74 Å². The van der Waals surface area contributed by atoms with Crippen molar-refractivity contribution in [1.82, 2.24) is 4.98 Å². The van der Waals surface area contributed by atoms with E-state index in [1.165, 1.54) is 11.1 Å². The Labute approximate surface area is 161 Å². The molecular formula is C24H27NO2. The first-order valence-corrected chi connectivity index (χ1v) is 9.47. The molecule has 0 spiro atoms. The van der Waals surface area contributed by atoms with Gasteiger partial charge in [-0.15, -0.1) is 0 Å². The first-order chi connectivity index (χ1) is 13.0. The molecule has 0 bridgehead atoms. The molecule has 1 heterocycles. The maximum Gasteiger partial charge on any atom is 0.314 e. The Hall–Kier alpha value is -2.81. The number of aromatic nitrogens is 1. The van der Waals surface area contributed by atoms with Crippen LogP contribution < -0.4 is 0 Å². The van der Waals surface area contributed by atoms with Crippen LogP contribution in [-0.4, -0.2) is 11.0 Å². The second kappa shape index (κ2) is 8.72. The number of rotatable bonds is 7. The molecule has 0 amide bonds. The van der Waals surface area contributed by atoms with Crippen LogP contribution in [0.1, 0.15) is 47.7 Å². The van der Waals surface area contributed by atoms with E-state index >= 15 is 0 Å². The average Bonchev–Trinajstić information content (AvgIpc) is 3.09. The van der Waals surface area contributed by atoms with Crippen LogP contribution in [0.15, 0.2) is 66.9 Å². The van der Waals surface area contributed by atoms with Crippen molar-refractivity contribution in [3.8, 4) is 0 Å². The lowest BCUT2D eigenvalue weighted by molar-refractivity contribution is -0.148. The number of aromatic amines is 1. The zero-order chi connectivity index (χ0) is 19.2. The summed E-state index contributed by atoms with van der Waals surface area (Å²) in [6, 6.07) is 20.5. The molecule has 1 atom stereocenters. The lowest BCUT2D eigenvalue weighted by atomic mass is 9.88. The molecule has 0 aliphatic rings. The first kappa shape index (κ1) is 19.0. The number of aryl methyl sites for hydroxylation is 1. The number of hydrogen-bond donors (Lipinski definition) is 1. The third kappa shape index (κ3) is 4.88. The third-order valence-corrected chi connectivity index (χ3v) is 4.88. The fourth-order valence-electron chi connectivity index (χ4n) is 3.35. The molecule has 3 nitrogen and oxygen atoms in total. The van der Waals surface area contributed by atoms with Crippen LogP contribution in [0.25, 0.3) is 0 Å². The molecule has 1 aromatic heterocycles. The number of ether oxygens (including phenoxy) is 1. The van der Waals surface area contributed by atoms with E-state index in [1.54, 1.807) is 0 Å². The predicted octanol–water partition coefficient (Wildman–Crippen LogP) is 5.40. The second-order valence-electron chi connectivity index (χ2n) is 7.38. The number of nitrogens with one attached hydrogen (secondary N) is 1. The normalized spacial score (nSPS) is 12.1. The van der Waals surface area contributed by atoms with Crippen LogP contribution in [0.5, 0.6) is 0 Å². The van der Waals surface area contributed by atoms with Crippen LogP contribution in [0, 0.1) is 12.8 Å². The topological polar surface area (TPSA) is 42.1 Å². The summed E-state index contributed by atoms with van der Waals surface area (Å²) in [7, 11) is 0. The van der Waals surface area contributed by atoms with Gasteiger partial charge in [0, 0.05) is 6.20 Å². The van der Waals surface area contributed by atoms with Crippen molar-refractivity contribution in [3.63, 3.8) is 0 Å². The van der Waals surface area contributed by atoms with Crippen molar-refractivity contribution >= 4 is 5.97 Å². The van der Waals surface area contributed by atoms with Gasteiger partial charge in [0.2, 0.25) is 0 Å². The Balaban J connectivity index is 1.68. The second-order valence-corrected chi connectivity index (χ2v) is 7.38. The molecule has 3 heteroatoms. The minimum absolute atomic E-state index is 0.172. The number of carbonyl (C=O) groups is 1. The minimum Gasteiger partial charge on any atom is -0.459 e. The van der Waals surface area contributed by atoms with Gasteiger partial charge < -0.3 is 9.72 Å². The Morgan fingerprint density at radius 2 is 1.70 bits per heavy atom. The SMILES string of the molecule is Cc1ccc(C(C(=O)OCc2[nH]ccc2Cc2ccccc2)C(C)C)cc1. The van der Waals surface area contributed by atoms with E-state index in [2.05, 4.69) is 37.0 Å². The van der Waals surface area contributed by atoms with E-state index in [-0.39, 0.29) is 24.4 Å². The smallest absolute Gasteiger partial charge is 0.314 e. The maximum atomic E-state index is 12.8. The van der Waals surface area contributed by atoms with E-state index in [0.29, 0.717) is 0 Å². The van der Waals surface area contributed by atoms with Crippen LogP contribution in [0.4, 0.5) is 0 Å². The molecule has 140 valence electrons. The van der Waals surface area contributed by atoms with E-state index in [0.717, 1.165) is 23.2 Å². The molecule has 0 saturated heterocycles.